The van der Waals surface area contributed by atoms with E-state index in [2.05, 4.69) is 10.2 Å². The highest BCUT2D eigenvalue weighted by Crippen LogP contribution is 2.01. The van der Waals surface area contributed by atoms with Gasteiger partial charge in [0.2, 0.25) is 0 Å². The van der Waals surface area contributed by atoms with E-state index in [1.165, 1.54) is 12.1 Å². The molecule has 2 nitrogen and oxygen atoms in total. The molecular formula is C13H23FN2. The average Bonchev–Trinajstić information content (AvgIpc) is 2.29. The number of likely N-dealkylation sites (N-methyl/N-ethyl adjacent to an activating group) is 1. The van der Waals surface area contributed by atoms with Crippen molar-refractivity contribution in [1.82, 2.24) is 10.2 Å². The van der Waals surface area contributed by atoms with E-state index in [9.17, 15) is 4.39 Å². The summed E-state index contributed by atoms with van der Waals surface area (Å²) in [5.41, 5.74) is 1.12. The van der Waals surface area contributed by atoms with Crippen LogP contribution in [0.5, 0.6) is 0 Å². The first-order chi connectivity index (χ1) is 7.68. The Kier molecular flexibility index (Phi) is 8.77. The average molecular weight is 226 g/mol. The summed E-state index contributed by atoms with van der Waals surface area (Å²) in [5.74, 6) is -0.179. The molecule has 0 radical (unpaired) electrons. The Labute approximate surface area is 98.5 Å². The highest BCUT2D eigenvalue weighted by atomic mass is 19.1. The second-order valence-corrected chi connectivity index (χ2v) is 3.61. The lowest BCUT2D eigenvalue weighted by Crippen LogP contribution is -2.26. The van der Waals surface area contributed by atoms with Gasteiger partial charge in [-0.3, -0.25) is 0 Å². The first-order valence-electron chi connectivity index (χ1n) is 5.78. The zero-order valence-electron chi connectivity index (χ0n) is 10.8. The lowest BCUT2D eigenvalue weighted by atomic mass is 10.2. The summed E-state index contributed by atoms with van der Waals surface area (Å²) in [6.45, 7) is 6.76. The molecule has 1 aromatic carbocycles. The Hall–Kier alpha value is -0.930. The zero-order valence-corrected chi connectivity index (χ0v) is 10.8. The largest absolute Gasteiger partial charge is 0.311 e. The molecule has 1 aromatic rings. The normalized spacial score (nSPS) is 9.88. The fourth-order valence-electron chi connectivity index (χ4n) is 1.14. The molecule has 0 heterocycles. The summed E-state index contributed by atoms with van der Waals surface area (Å²) in [5, 5.41) is 3.29. The molecule has 0 bridgehead atoms. The molecule has 0 atom stereocenters. The van der Waals surface area contributed by atoms with Crippen LogP contribution in [0.3, 0.4) is 0 Å². The Balaban J connectivity index is 0.00000106. The number of nitrogens with one attached hydrogen (secondary N) is 1. The third kappa shape index (κ3) is 7.37. The van der Waals surface area contributed by atoms with Gasteiger partial charge in [0.05, 0.1) is 0 Å². The van der Waals surface area contributed by atoms with Crippen molar-refractivity contribution in [3.05, 3.63) is 35.6 Å². The fraction of sp³-hybridized carbons (Fsp3) is 0.538. The predicted molar refractivity (Wildman–Crippen MR) is 68.0 cm³/mol. The molecule has 0 aromatic heterocycles. The van der Waals surface area contributed by atoms with Crippen molar-refractivity contribution < 1.29 is 4.39 Å². The third-order valence-corrected chi connectivity index (χ3v) is 1.98. The van der Waals surface area contributed by atoms with Crippen LogP contribution < -0.4 is 5.32 Å². The van der Waals surface area contributed by atoms with Crippen LogP contribution in [0.2, 0.25) is 0 Å². The second-order valence-electron chi connectivity index (χ2n) is 3.61. The molecule has 3 heteroatoms. The predicted octanol–water partition coefficient (Wildman–Crippen LogP) is 2.50. The summed E-state index contributed by atoms with van der Waals surface area (Å²) in [6.07, 6.45) is 0. The fourth-order valence-corrected chi connectivity index (χ4v) is 1.14. The Morgan fingerprint density at radius 3 is 2.19 bits per heavy atom. The van der Waals surface area contributed by atoms with Crippen LogP contribution in [0.1, 0.15) is 19.4 Å². The van der Waals surface area contributed by atoms with Crippen molar-refractivity contribution >= 4 is 0 Å². The minimum absolute atomic E-state index is 0.179. The van der Waals surface area contributed by atoms with Gasteiger partial charge in [0.25, 0.3) is 0 Å². The standard InChI is InChI=1S/C11H17FN2.C2H6/c1-14(2)8-7-13-9-10-3-5-11(12)6-4-10;1-2/h3-6,13H,7-9H2,1-2H3;1-2H3. The van der Waals surface area contributed by atoms with Crippen molar-refractivity contribution in [2.45, 2.75) is 20.4 Å². The molecule has 92 valence electrons. The van der Waals surface area contributed by atoms with Gasteiger partial charge in [0.1, 0.15) is 5.82 Å². The van der Waals surface area contributed by atoms with Crippen LogP contribution in [-0.2, 0) is 6.54 Å². The SMILES string of the molecule is CC.CN(C)CCNCc1ccc(F)cc1. The van der Waals surface area contributed by atoms with Crippen LogP contribution >= 0.6 is 0 Å². The minimum atomic E-state index is -0.179. The van der Waals surface area contributed by atoms with Crippen molar-refractivity contribution in [2.75, 3.05) is 27.2 Å². The van der Waals surface area contributed by atoms with Crippen molar-refractivity contribution in [2.24, 2.45) is 0 Å². The van der Waals surface area contributed by atoms with Crippen LogP contribution in [-0.4, -0.2) is 32.1 Å². The van der Waals surface area contributed by atoms with Gasteiger partial charge in [-0.25, -0.2) is 4.39 Å². The molecule has 16 heavy (non-hydrogen) atoms. The summed E-state index contributed by atoms with van der Waals surface area (Å²) < 4.78 is 12.6. The second kappa shape index (κ2) is 9.31. The summed E-state index contributed by atoms with van der Waals surface area (Å²) in [7, 11) is 4.08. The van der Waals surface area contributed by atoms with Gasteiger partial charge in [-0.1, -0.05) is 26.0 Å². The van der Waals surface area contributed by atoms with Gasteiger partial charge in [0, 0.05) is 19.6 Å². The van der Waals surface area contributed by atoms with E-state index < -0.39 is 0 Å². The van der Waals surface area contributed by atoms with Crippen LogP contribution in [0.25, 0.3) is 0 Å². The summed E-state index contributed by atoms with van der Waals surface area (Å²) >= 11 is 0. The maximum absolute atomic E-state index is 12.6. The molecule has 0 unspecified atom stereocenters. The Morgan fingerprint density at radius 2 is 1.69 bits per heavy atom. The molecule has 1 N–H and O–H groups in total. The molecule has 0 spiro atoms. The molecule has 0 aliphatic heterocycles. The number of nitrogens with zero attached hydrogens (tertiary/aromatic N) is 1. The first kappa shape index (κ1) is 15.1. The molecule has 0 saturated heterocycles. The van der Waals surface area contributed by atoms with Crippen LogP contribution in [0, 0.1) is 5.82 Å². The zero-order chi connectivity index (χ0) is 12.4. The molecule has 0 saturated carbocycles. The van der Waals surface area contributed by atoms with Gasteiger partial charge in [-0.15, -0.1) is 0 Å². The summed E-state index contributed by atoms with van der Waals surface area (Å²) in [6, 6.07) is 6.59. The first-order valence-corrected chi connectivity index (χ1v) is 5.78. The third-order valence-electron chi connectivity index (χ3n) is 1.98. The highest BCUT2D eigenvalue weighted by molar-refractivity contribution is 5.15. The molecule has 0 fully saturated rings. The number of halogens is 1. The lowest BCUT2D eigenvalue weighted by Gasteiger charge is -2.10. The maximum Gasteiger partial charge on any atom is 0.123 e. The minimum Gasteiger partial charge on any atom is -0.311 e. The monoisotopic (exact) mass is 226 g/mol. The van der Waals surface area contributed by atoms with E-state index in [-0.39, 0.29) is 5.82 Å². The number of rotatable bonds is 5. The van der Waals surface area contributed by atoms with Gasteiger partial charge >= 0.3 is 0 Å². The molecule has 1 rings (SSSR count). The quantitative estimate of drug-likeness (QED) is 0.776. The van der Waals surface area contributed by atoms with E-state index >= 15 is 0 Å². The highest BCUT2D eigenvalue weighted by Gasteiger charge is 1.93. The summed E-state index contributed by atoms with van der Waals surface area (Å²) in [4.78, 5) is 2.12. The van der Waals surface area contributed by atoms with E-state index in [4.69, 9.17) is 0 Å². The molecule has 0 amide bonds. The van der Waals surface area contributed by atoms with Crippen molar-refractivity contribution in [3.8, 4) is 0 Å². The van der Waals surface area contributed by atoms with E-state index in [0.29, 0.717) is 0 Å². The smallest absolute Gasteiger partial charge is 0.123 e. The Bertz CT molecular complexity index is 257. The van der Waals surface area contributed by atoms with Gasteiger partial charge < -0.3 is 10.2 Å². The molecule has 0 aliphatic rings. The van der Waals surface area contributed by atoms with Gasteiger partial charge in [0.15, 0.2) is 0 Å². The number of benzene rings is 1. The molecular weight excluding hydrogens is 203 g/mol. The van der Waals surface area contributed by atoms with Crippen LogP contribution in [0.4, 0.5) is 4.39 Å². The maximum atomic E-state index is 12.6. The van der Waals surface area contributed by atoms with Crippen molar-refractivity contribution in [1.29, 1.82) is 0 Å². The number of hydrogen-bond acceptors (Lipinski definition) is 2. The molecule has 0 aliphatic carbocycles. The van der Waals surface area contributed by atoms with E-state index in [0.717, 1.165) is 25.2 Å². The van der Waals surface area contributed by atoms with Gasteiger partial charge in [-0.05, 0) is 31.8 Å². The van der Waals surface area contributed by atoms with Gasteiger partial charge in [-0.2, -0.15) is 0 Å². The lowest BCUT2D eigenvalue weighted by molar-refractivity contribution is 0.400. The number of hydrogen-bond donors (Lipinski definition) is 1. The van der Waals surface area contributed by atoms with E-state index in [1.54, 1.807) is 12.1 Å². The van der Waals surface area contributed by atoms with Crippen molar-refractivity contribution in [3.63, 3.8) is 0 Å². The van der Waals surface area contributed by atoms with E-state index in [1.807, 2.05) is 27.9 Å². The topological polar surface area (TPSA) is 15.3 Å². The van der Waals surface area contributed by atoms with Crippen LogP contribution in [0.15, 0.2) is 24.3 Å². The Morgan fingerprint density at radius 1 is 1.12 bits per heavy atom.